The van der Waals surface area contributed by atoms with Crippen molar-refractivity contribution in [2.24, 2.45) is 0 Å². The predicted molar refractivity (Wildman–Crippen MR) is 126 cm³/mol. The molecule has 1 aliphatic rings. The van der Waals surface area contributed by atoms with Crippen molar-refractivity contribution < 1.29 is 8.42 Å². The van der Waals surface area contributed by atoms with Crippen LogP contribution in [-0.2, 0) is 16.4 Å². The summed E-state index contributed by atoms with van der Waals surface area (Å²) in [5.74, 6) is 0. The van der Waals surface area contributed by atoms with Crippen LogP contribution in [0.5, 0.6) is 0 Å². The quantitative estimate of drug-likeness (QED) is 0.507. The number of hydrogen-bond donors (Lipinski definition) is 0. The van der Waals surface area contributed by atoms with Crippen molar-refractivity contribution in [2.45, 2.75) is 25.2 Å². The lowest BCUT2D eigenvalue weighted by atomic mass is 9.99. The highest BCUT2D eigenvalue weighted by Gasteiger charge is 2.30. The number of halogens is 1. The fourth-order valence-electron chi connectivity index (χ4n) is 3.74. The summed E-state index contributed by atoms with van der Waals surface area (Å²) in [4.78, 5) is 7.35. The Bertz CT molecular complexity index is 1130. The highest BCUT2D eigenvalue weighted by atomic mass is 79.9. The maximum Gasteiger partial charge on any atom is 0.244 e. The second-order valence-corrected chi connectivity index (χ2v) is 11.1. The Morgan fingerprint density at radius 2 is 1.67 bits per heavy atom. The zero-order valence-electron chi connectivity index (χ0n) is 17.0. The molecule has 0 spiro atoms. The summed E-state index contributed by atoms with van der Waals surface area (Å²) in [5.41, 5.74) is 4.97. The molecule has 0 saturated carbocycles. The number of nitrogens with zero attached hydrogens (tertiary/aromatic N) is 3. The van der Waals surface area contributed by atoms with Gasteiger partial charge >= 0.3 is 0 Å². The van der Waals surface area contributed by atoms with E-state index in [1.807, 2.05) is 6.07 Å². The summed E-state index contributed by atoms with van der Waals surface area (Å²) in [7, 11) is -3.50. The number of sulfonamides is 1. The largest absolute Gasteiger partial charge is 0.345 e. The first kappa shape index (κ1) is 21.5. The van der Waals surface area contributed by atoms with Crippen molar-refractivity contribution >= 4 is 42.4 Å². The Morgan fingerprint density at radius 1 is 1.00 bits per heavy atom. The van der Waals surface area contributed by atoms with Crippen LogP contribution in [0.1, 0.15) is 22.4 Å². The van der Waals surface area contributed by atoms with Crippen molar-refractivity contribution in [1.82, 2.24) is 9.29 Å². The zero-order chi connectivity index (χ0) is 21.3. The molecule has 2 aromatic carbocycles. The Balaban J connectivity index is 1.43. The minimum Gasteiger partial charge on any atom is -0.345 e. The van der Waals surface area contributed by atoms with E-state index in [1.165, 1.54) is 16.7 Å². The van der Waals surface area contributed by atoms with E-state index < -0.39 is 10.0 Å². The van der Waals surface area contributed by atoms with Crippen LogP contribution in [-0.4, -0.2) is 43.9 Å². The summed E-state index contributed by atoms with van der Waals surface area (Å²) in [6, 6.07) is 13.3. The number of benzene rings is 2. The molecule has 0 bridgehead atoms. The van der Waals surface area contributed by atoms with Gasteiger partial charge in [-0.1, -0.05) is 30.3 Å². The third-order valence-corrected chi connectivity index (χ3v) is 9.37. The maximum atomic E-state index is 13.0. The number of anilines is 1. The molecule has 3 aromatic rings. The topological polar surface area (TPSA) is 53.5 Å². The van der Waals surface area contributed by atoms with Crippen molar-refractivity contribution in [3.05, 3.63) is 74.7 Å². The molecular formula is C22H24BrN3O2S2. The van der Waals surface area contributed by atoms with Gasteiger partial charge in [-0.2, -0.15) is 4.31 Å². The highest BCUT2D eigenvalue weighted by Crippen LogP contribution is 2.28. The molecule has 0 amide bonds. The first-order valence-corrected chi connectivity index (χ1v) is 13.0. The van der Waals surface area contributed by atoms with Gasteiger partial charge in [-0.25, -0.2) is 13.4 Å². The van der Waals surface area contributed by atoms with Gasteiger partial charge in [-0.15, -0.1) is 11.3 Å². The molecule has 5 nitrogen and oxygen atoms in total. The van der Waals surface area contributed by atoms with E-state index in [1.54, 1.807) is 33.8 Å². The predicted octanol–water partition coefficient (Wildman–Crippen LogP) is 4.62. The van der Waals surface area contributed by atoms with Crippen molar-refractivity contribution in [3.8, 4) is 0 Å². The molecule has 2 heterocycles. The average molecular weight is 506 g/mol. The number of aromatic nitrogens is 1. The Morgan fingerprint density at radius 3 is 2.33 bits per heavy atom. The first-order chi connectivity index (χ1) is 14.4. The summed E-state index contributed by atoms with van der Waals surface area (Å²) in [6.45, 7) is 6.46. The van der Waals surface area contributed by atoms with E-state index >= 15 is 0 Å². The Hall–Kier alpha value is -1.74. The zero-order valence-corrected chi connectivity index (χ0v) is 20.2. The van der Waals surface area contributed by atoms with E-state index in [-0.39, 0.29) is 0 Å². The monoisotopic (exact) mass is 505 g/mol. The van der Waals surface area contributed by atoms with Crippen LogP contribution in [0.4, 0.5) is 5.13 Å². The lowest BCUT2D eigenvalue weighted by Gasteiger charge is -2.34. The van der Waals surface area contributed by atoms with E-state index in [4.69, 9.17) is 4.98 Å². The van der Waals surface area contributed by atoms with Gasteiger partial charge in [-0.3, -0.25) is 0 Å². The van der Waals surface area contributed by atoms with Gasteiger partial charge in [0.05, 0.1) is 10.6 Å². The van der Waals surface area contributed by atoms with Crippen LogP contribution >= 0.6 is 27.3 Å². The minimum atomic E-state index is -3.50. The summed E-state index contributed by atoms with van der Waals surface area (Å²) in [5, 5.41) is 3.08. The third kappa shape index (κ3) is 4.32. The first-order valence-electron chi connectivity index (χ1n) is 9.85. The second-order valence-electron chi connectivity index (χ2n) is 7.49. The molecule has 0 N–H and O–H groups in total. The molecule has 8 heteroatoms. The van der Waals surface area contributed by atoms with Crippen molar-refractivity contribution in [2.75, 3.05) is 31.1 Å². The Labute approximate surface area is 190 Å². The molecule has 4 rings (SSSR count). The maximum absolute atomic E-state index is 13.0. The van der Waals surface area contributed by atoms with Crippen LogP contribution in [0.25, 0.3) is 0 Å². The third-order valence-electron chi connectivity index (χ3n) is 5.51. The summed E-state index contributed by atoms with van der Waals surface area (Å²) < 4.78 is 28.1. The molecule has 1 saturated heterocycles. The van der Waals surface area contributed by atoms with Gasteiger partial charge in [0, 0.05) is 42.5 Å². The van der Waals surface area contributed by atoms with Crippen molar-refractivity contribution in [1.29, 1.82) is 0 Å². The van der Waals surface area contributed by atoms with Crippen LogP contribution in [0.15, 0.2) is 57.2 Å². The van der Waals surface area contributed by atoms with Crippen LogP contribution in [0.3, 0.4) is 0 Å². The van der Waals surface area contributed by atoms with E-state index in [0.717, 1.165) is 17.2 Å². The average Bonchev–Trinajstić information content (AvgIpc) is 3.20. The standard InChI is InChI=1S/C22H24BrN3O2S2/c1-16-6-5-7-17(2)19(16)14-18-15-29-22(24-18)25-10-12-26(13-11-25)30(27,28)21-9-4-3-8-20(21)23/h3-9,15H,10-14H2,1-2H3. The lowest BCUT2D eigenvalue weighted by molar-refractivity contribution is 0.384. The Kier molecular flexibility index (Phi) is 6.29. The van der Waals surface area contributed by atoms with Crippen LogP contribution in [0, 0.1) is 13.8 Å². The second kappa shape index (κ2) is 8.78. The molecule has 1 fully saturated rings. The molecule has 0 unspecified atom stereocenters. The van der Waals surface area contributed by atoms with Crippen LogP contribution < -0.4 is 4.90 Å². The number of hydrogen-bond acceptors (Lipinski definition) is 5. The van der Waals surface area contributed by atoms with Gasteiger partial charge in [0.15, 0.2) is 5.13 Å². The minimum absolute atomic E-state index is 0.323. The number of aryl methyl sites for hydroxylation is 2. The molecule has 0 radical (unpaired) electrons. The smallest absolute Gasteiger partial charge is 0.244 e. The molecule has 158 valence electrons. The normalized spacial score (nSPS) is 15.5. The van der Waals surface area contributed by atoms with Gasteiger partial charge in [0.1, 0.15) is 0 Å². The fraction of sp³-hybridized carbons (Fsp3) is 0.318. The fourth-order valence-corrected chi connectivity index (χ4v) is 7.01. The molecule has 30 heavy (non-hydrogen) atoms. The van der Waals surface area contributed by atoms with Gasteiger partial charge in [0.2, 0.25) is 10.0 Å². The molecule has 0 atom stereocenters. The van der Waals surface area contributed by atoms with Crippen LogP contribution in [0.2, 0.25) is 0 Å². The van der Waals surface area contributed by atoms with Crippen molar-refractivity contribution in [3.63, 3.8) is 0 Å². The molecule has 0 aliphatic carbocycles. The summed E-state index contributed by atoms with van der Waals surface area (Å²) in [6.07, 6.45) is 0.825. The van der Waals surface area contributed by atoms with Gasteiger partial charge in [0.25, 0.3) is 0 Å². The number of piperazine rings is 1. The SMILES string of the molecule is Cc1cccc(C)c1Cc1csc(N2CCN(S(=O)(=O)c3ccccc3Br)CC2)n1. The summed E-state index contributed by atoms with van der Waals surface area (Å²) >= 11 is 5.00. The number of thiazole rings is 1. The molecular weight excluding hydrogens is 482 g/mol. The number of rotatable bonds is 5. The van der Waals surface area contributed by atoms with E-state index in [9.17, 15) is 8.42 Å². The molecule has 1 aromatic heterocycles. The molecule has 1 aliphatic heterocycles. The highest BCUT2D eigenvalue weighted by molar-refractivity contribution is 9.10. The van der Waals surface area contributed by atoms with Gasteiger partial charge in [-0.05, 0) is 58.6 Å². The lowest BCUT2D eigenvalue weighted by Crippen LogP contribution is -2.48. The van der Waals surface area contributed by atoms with E-state index in [0.29, 0.717) is 35.5 Å². The van der Waals surface area contributed by atoms with E-state index in [2.05, 4.69) is 58.3 Å². The van der Waals surface area contributed by atoms with Gasteiger partial charge < -0.3 is 4.90 Å².